The van der Waals surface area contributed by atoms with Crippen LogP contribution in [0.2, 0.25) is 0 Å². The van der Waals surface area contributed by atoms with Gasteiger partial charge in [-0.25, -0.2) is 4.68 Å². The van der Waals surface area contributed by atoms with Crippen LogP contribution in [0, 0.1) is 5.92 Å². The van der Waals surface area contributed by atoms with Gasteiger partial charge >= 0.3 is 0 Å². The second kappa shape index (κ2) is 6.15. The van der Waals surface area contributed by atoms with Gasteiger partial charge in [0.05, 0.1) is 5.39 Å². The summed E-state index contributed by atoms with van der Waals surface area (Å²) in [6.07, 6.45) is 0.981. The number of fused-ring (bicyclic) bond motifs is 5. The zero-order chi connectivity index (χ0) is 19.4. The molecule has 0 N–H and O–H groups in total. The van der Waals surface area contributed by atoms with Gasteiger partial charge in [-0.05, 0) is 24.5 Å². The topological polar surface area (TPSA) is 77.2 Å². The van der Waals surface area contributed by atoms with Crippen LogP contribution in [0.5, 0.6) is 0 Å². The van der Waals surface area contributed by atoms with Gasteiger partial charge in [0.25, 0.3) is 17.0 Å². The van der Waals surface area contributed by atoms with Gasteiger partial charge in [0.1, 0.15) is 0 Å². The van der Waals surface area contributed by atoms with E-state index in [4.69, 9.17) is 0 Å². The van der Waals surface area contributed by atoms with E-state index in [0.717, 1.165) is 12.1 Å². The molecule has 0 aliphatic carbocycles. The third-order valence-corrected chi connectivity index (χ3v) is 5.93. The van der Waals surface area contributed by atoms with Crippen molar-refractivity contribution in [2.75, 3.05) is 13.1 Å². The Labute approximate surface area is 160 Å². The molecular formula is C21H20N4O3. The van der Waals surface area contributed by atoms with Crippen LogP contribution in [0.3, 0.4) is 0 Å². The van der Waals surface area contributed by atoms with Gasteiger partial charge in [0.15, 0.2) is 5.69 Å². The van der Waals surface area contributed by atoms with Crippen LogP contribution >= 0.6 is 0 Å². The Morgan fingerprint density at radius 2 is 1.79 bits per heavy atom. The average molecular weight is 376 g/mol. The van der Waals surface area contributed by atoms with Crippen molar-refractivity contribution in [3.63, 3.8) is 0 Å². The standard InChI is InChI=1S/C21H20N4O3/c1-23-20(27)16-6-3-2-5-15(16)19(22-23)21(28)24-10-13-9-14(12-24)17-7-4-8-18(26)25(17)11-13/h2-8,13-14H,9-12H2,1H3/t13?,14-/m0/s1. The summed E-state index contributed by atoms with van der Waals surface area (Å²) in [5.74, 6) is 0.228. The molecule has 2 atom stereocenters. The zero-order valence-electron chi connectivity index (χ0n) is 15.5. The second-order valence-electron chi connectivity index (χ2n) is 7.73. The van der Waals surface area contributed by atoms with Gasteiger partial charge in [-0.3, -0.25) is 14.4 Å². The molecule has 1 fully saturated rings. The number of carbonyl (C=O) groups excluding carboxylic acids is 1. The van der Waals surface area contributed by atoms with Gasteiger partial charge in [-0.1, -0.05) is 24.3 Å². The number of aryl methyl sites for hydroxylation is 1. The summed E-state index contributed by atoms with van der Waals surface area (Å²) >= 11 is 0. The highest BCUT2D eigenvalue weighted by Gasteiger charge is 2.37. The normalized spacial score (nSPS) is 20.8. The molecule has 1 amide bonds. The first-order valence-electron chi connectivity index (χ1n) is 9.48. The molecule has 2 aliphatic heterocycles. The van der Waals surface area contributed by atoms with E-state index in [1.54, 1.807) is 37.4 Å². The number of carbonyl (C=O) groups is 1. The molecule has 7 nitrogen and oxygen atoms in total. The molecular weight excluding hydrogens is 356 g/mol. The Kier molecular flexibility index (Phi) is 3.72. The van der Waals surface area contributed by atoms with E-state index in [1.165, 1.54) is 4.68 Å². The molecule has 0 spiro atoms. The number of hydrogen-bond acceptors (Lipinski definition) is 4. The number of piperidine rings is 1. The SMILES string of the molecule is Cn1nc(C(=O)N2CC3C[C@@H](C2)c2cccc(=O)n2C3)c2ccccc2c1=O. The number of likely N-dealkylation sites (tertiary alicyclic amines) is 1. The number of amides is 1. The largest absolute Gasteiger partial charge is 0.336 e. The maximum atomic E-state index is 13.4. The summed E-state index contributed by atoms with van der Waals surface area (Å²) in [6, 6.07) is 12.5. The number of hydrogen-bond donors (Lipinski definition) is 0. The third-order valence-electron chi connectivity index (χ3n) is 5.93. The van der Waals surface area contributed by atoms with Gasteiger partial charge in [0, 0.05) is 49.7 Å². The third kappa shape index (κ3) is 2.50. The lowest BCUT2D eigenvalue weighted by atomic mass is 9.83. The number of rotatable bonds is 1. The van der Waals surface area contributed by atoms with E-state index >= 15 is 0 Å². The minimum atomic E-state index is -0.212. The summed E-state index contributed by atoms with van der Waals surface area (Å²) in [5.41, 5.74) is 1.12. The van der Waals surface area contributed by atoms with Crippen LogP contribution in [-0.2, 0) is 13.6 Å². The van der Waals surface area contributed by atoms with Crippen LogP contribution < -0.4 is 11.1 Å². The molecule has 142 valence electrons. The molecule has 1 aromatic carbocycles. The quantitative estimate of drug-likeness (QED) is 0.642. The predicted octanol–water partition coefficient (Wildman–Crippen LogP) is 1.35. The summed E-state index contributed by atoms with van der Waals surface area (Å²) < 4.78 is 3.08. The smallest absolute Gasteiger partial charge is 0.274 e. The second-order valence-corrected chi connectivity index (χ2v) is 7.73. The van der Waals surface area contributed by atoms with Crippen molar-refractivity contribution in [3.8, 4) is 0 Å². The summed E-state index contributed by atoms with van der Waals surface area (Å²) in [7, 11) is 1.57. The van der Waals surface area contributed by atoms with Gasteiger partial charge in [0.2, 0.25) is 0 Å². The van der Waals surface area contributed by atoms with E-state index < -0.39 is 0 Å². The maximum absolute atomic E-state index is 13.4. The molecule has 1 saturated heterocycles. The lowest BCUT2D eigenvalue weighted by molar-refractivity contribution is 0.0588. The fourth-order valence-corrected chi connectivity index (χ4v) is 4.67. The monoisotopic (exact) mass is 376 g/mol. The lowest BCUT2D eigenvalue weighted by Crippen LogP contribution is -2.49. The fraction of sp³-hybridized carbons (Fsp3) is 0.333. The predicted molar refractivity (Wildman–Crippen MR) is 104 cm³/mol. The first-order valence-corrected chi connectivity index (χ1v) is 9.48. The minimum Gasteiger partial charge on any atom is -0.336 e. The van der Waals surface area contributed by atoms with Crippen molar-refractivity contribution in [3.05, 3.63) is 74.6 Å². The van der Waals surface area contributed by atoms with E-state index in [0.29, 0.717) is 36.1 Å². The molecule has 3 aromatic rings. The average Bonchev–Trinajstić information content (AvgIpc) is 2.71. The van der Waals surface area contributed by atoms with Crippen LogP contribution in [0.4, 0.5) is 0 Å². The Morgan fingerprint density at radius 1 is 1.00 bits per heavy atom. The number of benzene rings is 1. The van der Waals surface area contributed by atoms with Crippen LogP contribution in [0.15, 0.2) is 52.1 Å². The van der Waals surface area contributed by atoms with Crippen LogP contribution in [0.1, 0.15) is 28.5 Å². The van der Waals surface area contributed by atoms with Gasteiger partial charge in [-0.2, -0.15) is 5.10 Å². The molecule has 2 bridgehead atoms. The Morgan fingerprint density at radius 3 is 2.61 bits per heavy atom. The Balaban J connectivity index is 1.55. The van der Waals surface area contributed by atoms with Gasteiger partial charge in [-0.15, -0.1) is 0 Å². The first kappa shape index (κ1) is 16.9. The zero-order valence-corrected chi connectivity index (χ0v) is 15.5. The van der Waals surface area contributed by atoms with E-state index in [-0.39, 0.29) is 28.9 Å². The molecule has 7 heteroatoms. The lowest BCUT2D eigenvalue weighted by Gasteiger charge is -2.42. The van der Waals surface area contributed by atoms with E-state index in [9.17, 15) is 14.4 Å². The van der Waals surface area contributed by atoms with Crippen molar-refractivity contribution in [1.29, 1.82) is 0 Å². The molecule has 0 radical (unpaired) electrons. The molecule has 28 heavy (non-hydrogen) atoms. The van der Waals surface area contributed by atoms with Crippen LogP contribution in [0.25, 0.3) is 10.8 Å². The molecule has 5 rings (SSSR count). The molecule has 2 aliphatic rings. The van der Waals surface area contributed by atoms with Crippen LogP contribution in [-0.4, -0.2) is 38.2 Å². The van der Waals surface area contributed by atoms with E-state index in [1.807, 2.05) is 21.6 Å². The van der Waals surface area contributed by atoms with Crippen molar-refractivity contribution >= 4 is 16.7 Å². The highest BCUT2D eigenvalue weighted by Crippen LogP contribution is 2.35. The molecule has 4 heterocycles. The molecule has 1 unspecified atom stereocenters. The Hall–Kier alpha value is -3.22. The first-order chi connectivity index (χ1) is 13.5. The summed E-state index contributed by atoms with van der Waals surface area (Å²) in [4.78, 5) is 39.7. The summed E-state index contributed by atoms with van der Waals surface area (Å²) in [5, 5.41) is 5.37. The highest BCUT2D eigenvalue weighted by atomic mass is 16.2. The van der Waals surface area contributed by atoms with Crippen molar-refractivity contribution in [2.24, 2.45) is 13.0 Å². The summed E-state index contributed by atoms with van der Waals surface area (Å²) in [6.45, 7) is 1.78. The van der Waals surface area contributed by atoms with E-state index in [2.05, 4.69) is 5.10 Å². The maximum Gasteiger partial charge on any atom is 0.274 e. The molecule has 0 saturated carbocycles. The molecule has 2 aromatic heterocycles. The van der Waals surface area contributed by atoms with Crippen molar-refractivity contribution in [1.82, 2.24) is 19.2 Å². The minimum absolute atomic E-state index is 0.0256. The highest BCUT2D eigenvalue weighted by molar-refractivity contribution is 6.04. The number of nitrogens with zero attached hydrogens (tertiary/aromatic N) is 4. The van der Waals surface area contributed by atoms with Crippen molar-refractivity contribution in [2.45, 2.75) is 18.9 Å². The van der Waals surface area contributed by atoms with Crippen molar-refractivity contribution < 1.29 is 4.79 Å². The fourth-order valence-electron chi connectivity index (χ4n) is 4.67. The van der Waals surface area contributed by atoms with Gasteiger partial charge < -0.3 is 9.47 Å². The number of aromatic nitrogens is 3. The Bertz CT molecular complexity index is 1230. The number of pyridine rings is 1.